The van der Waals surface area contributed by atoms with Gasteiger partial charge in [0.2, 0.25) is 0 Å². The zero-order chi connectivity index (χ0) is 8.55. The van der Waals surface area contributed by atoms with Crippen LogP contribution in [-0.2, 0) is 0 Å². The number of imidazole rings is 1. The van der Waals surface area contributed by atoms with E-state index < -0.39 is 0 Å². The third kappa shape index (κ3) is 1.15. The van der Waals surface area contributed by atoms with Gasteiger partial charge in [0, 0.05) is 34.6 Å². The number of rotatable bonds is 1. The van der Waals surface area contributed by atoms with E-state index in [-0.39, 0.29) is 0 Å². The molecule has 0 saturated heterocycles. The molecule has 0 fully saturated rings. The second-order valence-electron chi connectivity index (χ2n) is 2.17. The Balaban J connectivity index is 2.80. The molecule has 4 nitrogen and oxygen atoms in total. The van der Waals surface area contributed by atoms with E-state index >= 15 is 0 Å². The van der Waals surface area contributed by atoms with Gasteiger partial charge in [0.15, 0.2) is 10.8 Å². The Morgan fingerprint density at radius 3 is 3.17 bits per heavy atom. The van der Waals surface area contributed by atoms with E-state index in [1.165, 1.54) is 0 Å². The van der Waals surface area contributed by atoms with Crippen molar-refractivity contribution >= 4 is 39.1 Å². The van der Waals surface area contributed by atoms with Crippen LogP contribution in [-0.4, -0.2) is 14.6 Å². The summed E-state index contributed by atoms with van der Waals surface area (Å²) in [6, 6.07) is 1.69. The minimum atomic E-state index is 0.419. The molecule has 0 radical (unpaired) electrons. The molecule has 6 heteroatoms. The lowest BCUT2D eigenvalue weighted by Crippen LogP contribution is -1.94. The lowest BCUT2D eigenvalue weighted by Gasteiger charge is -2.00. The molecule has 0 amide bonds. The Morgan fingerprint density at radius 2 is 2.42 bits per heavy atom. The predicted molar refractivity (Wildman–Crippen MR) is 50.5 cm³/mol. The van der Waals surface area contributed by atoms with Crippen molar-refractivity contribution in [1.82, 2.24) is 14.6 Å². The summed E-state index contributed by atoms with van der Waals surface area (Å²) < 4.78 is 4.40. The van der Waals surface area contributed by atoms with Crippen LogP contribution in [0.5, 0.6) is 0 Å². The van der Waals surface area contributed by atoms with Crippen molar-refractivity contribution in [2.24, 2.45) is 0 Å². The van der Waals surface area contributed by atoms with Gasteiger partial charge in [0.05, 0.1) is 5.69 Å². The second-order valence-corrected chi connectivity index (χ2v) is 2.95. The van der Waals surface area contributed by atoms with Crippen LogP contribution in [0.25, 0.3) is 5.65 Å². The maximum Gasteiger partial charge on any atom is 0.177 e. The lowest BCUT2D eigenvalue weighted by molar-refractivity contribution is 0.939. The van der Waals surface area contributed by atoms with Gasteiger partial charge in [0.1, 0.15) is 0 Å². The van der Waals surface area contributed by atoms with Crippen LogP contribution in [0, 0.1) is 0 Å². The number of fused-ring (bicyclic) bond motifs is 1. The lowest BCUT2D eigenvalue weighted by atomic mass is 10.5. The monoisotopic (exact) mass is 246 g/mol. The third-order valence-corrected chi connectivity index (χ3v) is 2.04. The molecule has 12 heavy (non-hydrogen) atoms. The first kappa shape index (κ1) is 7.82. The van der Waals surface area contributed by atoms with E-state index in [1.807, 2.05) is 0 Å². The standard InChI is InChI=1S/C6H4BrClN4/c7-10-4-3-5(8)11-12-2-1-9-6(4)12/h1-3,10H. The topological polar surface area (TPSA) is 42.2 Å². The molecule has 0 saturated carbocycles. The Morgan fingerprint density at radius 1 is 1.58 bits per heavy atom. The van der Waals surface area contributed by atoms with Crippen LogP contribution >= 0.6 is 27.7 Å². The minimum absolute atomic E-state index is 0.419. The summed E-state index contributed by atoms with van der Waals surface area (Å²) in [7, 11) is 0. The zero-order valence-corrected chi connectivity index (χ0v) is 8.17. The molecule has 2 rings (SSSR count). The normalized spacial score (nSPS) is 10.5. The van der Waals surface area contributed by atoms with Crippen LogP contribution in [0.1, 0.15) is 0 Å². The molecule has 2 heterocycles. The van der Waals surface area contributed by atoms with Crippen LogP contribution < -0.4 is 4.34 Å². The summed E-state index contributed by atoms with van der Waals surface area (Å²) in [4.78, 5) is 4.08. The number of anilines is 1. The van der Waals surface area contributed by atoms with Crippen molar-refractivity contribution in [3.8, 4) is 0 Å². The maximum atomic E-state index is 5.74. The molecule has 0 spiro atoms. The highest BCUT2D eigenvalue weighted by Gasteiger charge is 2.03. The highest BCUT2D eigenvalue weighted by Crippen LogP contribution is 2.19. The summed E-state index contributed by atoms with van der Waals surface area (Å²) in [6.07, 6.45) is 3.39. The summed E-state index contributed by atoms with van der Waals surface area (Å²) in [5, 5.41) is 4.42. The van der Waals surface area contributed by atoms with Crippen molar-refractivity contribution in [2.75, 3.05) is 4.34 Å². The van der Waals surface area contributed by atoms with Gasteiger partial charge in [0.25, 0.3) is 0 Å². The first-order chi connectivity index (χ1) is 5.81. The first-order valence-corrected chi connectivity index (χ1v) is 4.35. The summed E-state index contributed by atoms with van der Waals surface area (Å²) >= 11 is 8.85. The van der Waals surface area contributed by atoms with Gasteiger partial charge in [-0.05, 0) is 0 Å². The maximum absolute atomic E-state index is 5.74. The van der Waals surface area contributed by atoms with Gasteiger partial charge in [-0.2, -0.15) is 5.10 Å². The fourth-order valence-corrected chi connectivity index (χ4v) is 1.44. The molecular weight excluding hydrogens is 243 g/mol. The number of nitrogens with zero attached hydrogens (tertiary/aromatic N) is 3. The molecule has 0 aromatic carbocycles. The highest BCUT2D eigenvalue weighted by atomic mass is 79.9. The molecule has 62 valence electrons. The van der Waals surface area contributed by atoms with E-state index in [0.717, 1.165) is 11.3 Å². The number of halogens is 2. The van der Waals surface area contributed by atoms with E-state index in [1.54, 1.807) is 23.0 Å². The van der Waals surface area contributed by atoms with Crippen molar-refractivity contribution < 1.29 is 0 Å². The summed E-state index contributed by atoms with van der Waals surface area (Å²) in [5.74, 6) is 0. The van der Waals surface area contributed by atoms with Gasteiger partial charge >= 0.3 is 0 Å². The van der Waals surface area contributed by atoms with Gasteiger partial charge < -0.3 is 4.34 Å². The second kappa shape index (κ2) is 2.91. The molecule has 1 N–H and O–H groups in total. The van der Waals surface area contributed by atoms with Crippen LogP contribution in [0.4, 0.5) is 5.69 Å². The molecule has 0 aliphatic carbocycles. The summed E-state index contributed by atoms with van der Waals surface area (Å²) in [5.41, 5.74) is 1.52. The molecule has 0 aliphatic rings. The quantitative estimate of drug-likeness (QED) is 0.785. The Labute approximate surface area is 81.9 Å². The van der Waals surface area contributed by atoms with Gasteiger partial charge in [-0.3, -0.25) is 0 Å². The van der Waals surface area contributed by atoms with E-state index in [4.69, 9.17) is 11.6 Å². The van der Waals surface area contributed by atoms with Crippen molar-refractivity contribution in [2.45, 2.75) is 0 Å². The third-order valence-electron chi connectivity index (χ3n) is 1.43. The molecule has 0 bridgehead atoms. The number of hydrogen-bond donors (Lipinski definition) is 1. The van der Waals surface area contributed by atoms with E-state index in [9.17, 15) is 0 Å². The Bertz CT molecular complexity index is 413. The molecule has 0 unspecified atom stereocenters. The molecule has 2 aromatic heterocycles. The van der Waals surface area contributed by atoms with Crippen molar-refractivity contribution in [3.63, 3.8) is 0 Å². The van der Waals surface area contributed by atoms with Gasteiger partial charge in [-0.25, -0.2) is 9.50 Å². The number of aromatic nitrogens is 3. The fourth-order valence-electron chi connectivity index (χ4n) is 0.955. The Hall–Kier alpha value is -0.810. The molecule has 0 aliphatic heterocycles. The smallest absolute Gasteiger partial charge is 0.177 e. The number of nitrogens with one attached hydrogen (secondary N) is 1. The first-order valence-electron chi connectivity index (χ1n) is 3.18. The highest BCUT2D eigenvalue weighted by molar-refractivity contribution is 9.10. The summed E-state index contributed by atoms with van der Waals surface area (Å²) in [6.45, 7) is 0. The van der Waals surface area contributed by atoms with Crippen LogP contribution in [0.3, 0.4) is 0 Å². The van der Waals surface area contributed by atoms with E-state index in [2.05, 4.69) is 30.6 Å². The predicted octanol–water partition coefficient (Wildman–Crippen LogP) is 2.10. The molecule has 0 atom stereocenters. The van der Waals surface area contributed by atoms with Gasteiger partial charge in [-0.1, -0.05) is 11.6 Å². The molecular formula is C6H4BrClN4. The fraction of sp³-hybridized carbons (Fsp3) is 0. The van der Waals surface area contributed by atoms with Crippen LogP contribution in [0.2, 0.25) is 5.15 Å². The van der Waals surface area contributed by atoms with Crippen molar-refractivity contribution in [3.05, 3.63) is 23.6 Å². The molecule has 2 aromatic rings. The minimum Gasteiger partial charge on any atom is -0.319 e. The van der Waals surface area contributed by atoms with Crippen LogP contribution in [0.15, 0.2) is 18.5 Å². The van der Waals surface area contributed by atoms with Gasteiger partial charge in [-0.15, -0.1) is 0 Å². The average Bonchev–Trinajstić information content (AvgIpc) is 2.50. The largest absolute Gasteiger partial charge is 0.319 e. The Kier molecular flexibility index (Phi) is 1.90. The zero-order valence-electron chi connectivity index (χ0n) is 5.83. The SMILES string of the molecule is Clc1cc(NBr)c2nccn2n1. The average molecular weight is 247 g/mol. The van der Waals surface area contributed by atoms with E-state index in [0.29, 0.717) is 5.15 Å². The number of hydrogen-bond acceptors (Lipinski definition) is 3. The van der Waals surface area contributed by atoms with Crippen molar-refractivity contribution in [1.29, 1.82) is 0 Å².